The van der Waals surface area contributed by atoms with Crippen molar-refractivity contribution in [3.63, 3.8) is 0 Å². The Balaban J connectivity index is 1.72. The van der Waals surface area contributed by atoms with Crippen LogP contribution in [-0.2, 0) is 5.75 Å². The molecule has 0 aliphatic heterocycles. The van der Waals surface area contributed by atoms with E-state index in [1.807, 2.05) is 61.5 Å². The summed E-state index contributed by atoms with van der Waals surface area (Å²) in [5.74, 6) is 0.0103. The highest BCUT2D eigenvalue weighted by Gasteiger charge is 2.13. The van der Waals surface area contributed by atoms with E-state index in [0.717, 1.165) is 16.8 Å². The minimum atomic E-state index is -0.557. The third-order valence-corrected chi connectivity index (χ3v) is 5.73. The number of carbonyl (C=O) groups is 1. The molecule has 7 heteroatoms. The summed E-state index contributed by atoms with van der Waals surface area (Å²) in [5.41, 5.74) is 5.38. The first kappa shape index (κ1) is 19.9. The van der Waals surface area contributed by atoms with Gasteiger partial charge in [-0.15, -0.1) is 0 Å². The van der Waals surface area contributed by atoms with Crippen molar-refractivity contribution in [3.8, 4) is 5.69 Å². The standard InChI is InChI=1S/C23H19N3O3S/c1-15-6-12-18(13-7-15)26-22(28)19-4-2-3-5-20(19)24-23(26)30-14-16-8-10-17(11-9-16)21(27)25-29/h2-13,29H,14H2,1H3,(H,25,27). The maximum Gasteiger partial charge on any atom is 0.274 e. The van der Waals surface area contributed by atoms with Crippen molar-refractivity contribution in [1.29, 1.82) is 0 Å². The summed E-state index contributed by atoms with van der Waals surface area (Å²) in [5, 5.41) is 9.90. The second-order valence-electron chi connectivity index (χ2n) is 6.81. The number of hydrogen-bond donors (Lipinski definition) is 2. The van der Waals surface area contributed by atoms with Crippen LogP contribution in [0.1, 0.15) is 21.5 Å². The van der Waals surface area contributed by atoms with Crippen LogP contribution in [0.4, 0.5) is 0 Å². The van der Waals surface area contributed by atoms with Gasteiger partial charge in [-0.2, -0.15) is 0 Å². The summed E-state index contributed by atoms with van der Waals surface area (Å²) in [4.78, 5) is 29.5. The normalized spacial score (nSPS) is 10.9. The zero-order valence-corrected chi connectivity index (χ0v) is 17.0. The van der Waals surface area contributed by atoms with Gasteiger partial charge in [-0.3, -0.25) is 19.4 Å². The summed E-state index contributed by atoms with van der Waals surface area (Å²) in [6.07, 6.45) is 0. The first-order valence-corrected chi connectivity index (χ1v) is 10.3. The minimum absolute atomic E-state index is 0.109. The molecule has 1 heterocycles. The first-order valence-electron chi connectivity index (χ1n) is 9.32. The molecule has 0 radical (unpaired) electrons. The van der Waals surface area contributed by atoms with E-state index in [1.165, 1.54) is 11.8 Å². The topological polar surface area (TPSA) is 84.2 Å². The number of hydrogen-bond acceptors (Lipinski definition) is 5. The summed E-state index contributed by atoms with van der Waals surface area (Å²) in [6.45, 7) is 2.00. The molecular weight excluding hydrogens is 398 g/mol. The number of thioether (sulfide) groups is 1. The Morgan fingerprint density at radius 2 is 1.73 bits per heavy atom. The van der Waals surface area contributed by atoms with Crippen LogP contribution in [0.15, 0.2) is 82.7 Å². The number of rotatable bonds is 5. The number of hydroxylamine groups is 1. The maximum atomic E-state index is 13.2. The van der Waals surface area contributed by atoms with Gasteiger partial charge >= 0.3 is 0 Å². The molecule has 0 bridgehead atoms. The van der Waals surface area contributed by atoms with Crippen molar-refractivity contribution in [2.24, 2.45) is 0 Å². The lowest BCUT2D eigenvalue weighted by atomic mass is 10.1. The van der Waals surface area contributed by atoms with E-state index >= 15 is 0 Å². The van der Waals surface area contributed by atoms with E-state index in [1.54, 1.807) is 28.2 Å². The van der Waals surface area contributed by atoms with Crippen molar-refractivity contribution in [2.45, 2.75) is 17.8 Å². The van der Waals surface area contributed by atoms with Crippen LogP contribution < -0.4 is 11.0 Å². The molecule has 0 atom stereocenters. The molecule has 3 aromatic carbocycles. The van der Waals surface area contributed by atoms with Crippen molar-refractivity contribution in [1.82, 2.24) is 15.0 Å². The van der Waals surface area contributed by atoms with Crippen LogP contribution in [0.25, 0.3) is 16.6 Å². The Morgan fingerprint density at radius 1 is 1.03 bits per heavy atom. The van der Waals surface area contributed by atoms with Gasteiger partial charge < -0.3 is 0 Å². The predicted octanol–water partition coefficient (Wildman–Crippen LogP) is 4.11. The molecule has 0 fully saturated rings. The van der Waals surface area contributed by atoms with Gasteiger partial charge in [-0.05, 0) is 48.9 Å². The number of amides is 1. The van der Waals surface area contributed by atoms with Gasteiger partial charge in [0.1, 0.15) is 0 Å². The van der Waals surface area contributed by atoms with E-state index in [2.05, 4.69) is 0 Å². The summed E-state index contributed by atoms with van der Waals surface area (Å²) >= 11 is 1.45. The largest absolute Gasteiger partial charge is 0.288 e. The van der Waals surface area contributed by atoms with Crippen molar-refractivity contribution in [3.05, 3.63) is 99.8 Å². The predicted molar refractivity (Wildman–Crippen MR) is 117 cm³/mol. The lowest BCUT2D eigenvalue weighted by molar-refractivity contribution is 0.0706. The van der Waals surface area contributed by atoms with Crippen LogP contribution in [0.5, 0.6) is 0 Å². The lowest BCUT2D eigenvalue weighted by Crippen LogP contribution is -2.21. The molecule has 4 rings (SSSR count). The molecule has 1 amide bonds. The van der Waals surface area contributed by atoms with Gasteiger partial charge in [-0.25, -0.2) is 10.5 Å². The van der Waals surface area contributed by atoms with E-state index in [0.29, 0.717) is 27.4 Å². The maximum absolute atomic E-state index is 13.2. The zero-order valence-electron chi connectivity index (χ0n) is 16.2. The SMILES string of the molecule is Cc1ccc(-n2c(SCc3ccc(C(=O)NO)cc3)nc3ccccc3c2=O)cc1. The number of fused-ring (bicyclic) bond motifs is 1. The number of nitrogens with zero attached hydrogens (tertiary/aromatic N) is 2. The molecule has 0 saturated heterocycles. The molecule has 2 N–H and O–H groups in total. The summed E-state index contributed by atoms with van der Waals surface area (Å²) < 4.78 is 1.64. The van der Waals surface area contributed by atoms with E-state index < -0.39 is 5.91 Å². The Labute approximate surface area is 177 Å². The second kappa shape index (κ2) is 8.52. The Hall–Kier alpha value is -3.42. The van der Waals surface area contributed by atoms with Crippen LogP contribution in [-0.4, -0.2) is 20.7 Å². The number of aromatic nitrogens is 2. The highest BCUT2D eigenvalue weighted by atomic mass is 32.2. The molecule has 0 saturated carbocycles. The summed E-state index contributed by atoms with van der Waals surface area (Å²) in [6, 6.07) is 22.0. The van der Waals surface area contributed by atoms with Crippen molar-refractivity contribution in [2.75, 3.05) is 0 Å². The average molecular weight is 417 g/mol. The number of para-hydroxylation sites is 1. The molecule has 0 unspecified atom stereocenters. The van der Waals surface area contributed by atoms with Gasteiger partial charge in [0.15, 0.2) is 5.16 Å². The Morgan fingerprint density at radius 3 is 2.43 bits per heavy atom. The molecule has 0 spiro atoms. The number of benzene rings is 3. The number of aryl methyl sites for hydroxylation is 1. The number of carbonyl (C=O) groups excluding carboxylic acids is 1. The molecular formula is C23H19N3O3S. The Kier molecular flexibility index (Phi) is 5.65. The summed E-state index contributed by atoms with van der Waals surface area (Å²) in [7, 11) is 0. The number of nitrogens with one attached hydrogen (secondary N) is 1. The first-order chi connectivity index (χ1) is 14.6. The molecule has 0 aliphatic carbocycles. The molecule has 150 valence electrons. The van der Waals surface area contributed by atoms with E-state index in [9.17, 15) is 9.59 Å². The fraction of sp³-hybridized carbons (Fsp3) is 0.0870. The van der Waals surface area contributed by atoms with Gasteiger partial charge in [0.05, 0.1) is 16.6 Å². The fourth-order valence-corrected chi connectivity index (χ4v) is 4.06. The van der Waals surface area contributed by atoms with Crippen molar-refractivity contribution < 1.29 is 10.0 Å². The van der Waals surface area contributed by atoms with Crippen LogP contribution in [0, 0.1) is 6.92 Å². The van der Waals surface area contributed by atoms with Crippen molar-refractivity contribution >= 4 is 28.6 Å². The highest BCUT2D eigenvalue weighted by molar-refractivity contribution is 7.98. The molecule has 30 heavy (non-hydrogen) atoms. The zero-order chi connectivity index (χ0) is 21.1. The molecule has 0 aliphatic rings. The molecule has 4 aromatic rings. The quantitative estimate of drug-likeness (QED) is 0.221. The van der Waals surface area contributed by atoms with Gasteiger partial charge in [0.2, 0.25) is 0 Å². The van der Waals surface area contributed by atoms with Crippen LogP contribution in [0.3, 0.4) is 0 Å². The van der Waals surface area contributed by atoms with Gasteiger partial charge in [0, 0.05) is 11.3 Å². The van der Waals surface area contributed by atoms with E-state index in [4.69, 9.17) is 10.2 Å². The smallest absolute Gasteiger partial charge is 0.274 e. The second-order valence-corrected chi connectivity index (χ2v) is 7.76. The van der Waals surface area contributed by atoms with E-state index in [-0.39, 0.29) is 5.56 Å². The molecule has 6 nitrogen and oxygen atoms in total. The monoisotopic (exact) mass is 417 g/mol. The minimum Gasteiger partial charge on any atom is -0.288 e. The highest BCUT2D eigenvalue weighted by Crippen LogP contribution is 2.25. The molecule has 1 aromatic heterocycles. The Bertz CT molecular complexity index is 1270. The van der Waals surface area contributed by atoms with Gasteiger partial charge in [-0.1, -0.05) is 53.7 Å². The fourth-order valence-electron chi connectivity index (χ4n) is 3.10. The van der Waals surface area contributed by atoms with Crippen LogP contribution >= 0.6 is 11.8 Å². The lowest BCUT2D eigenvalue weighted by Gasteiger charge is -2.13. The van der Waals surface area contributed by atoms with Crippen LogP contribution in [0.2, 0.25) is 0 Å². The van der Waals surface area contributed by atoms with Gasteiger partial charge in [0.25, 0.3) is 11.5 Å². The third kappa shape index (κ3) is 3.98. The average Bonchev–Trinajstić information content (AvgIpc) is 2.78. The third-order valence-electron chi connectivity index (χ3n) is 4.72.